The van der Waals surface area contributed by atoms with Crippen LogP contribution < -0.4 is 0 Å². The first kappa shape index (κ1) is 15.7. The summed E-state index contributed by atoms with van der Waals surface area (Å²) in [6, 6.07) is -0.182. The van der Waals surface area contributed by atoms with Crippen LogP contribution in [-0.2, 0) is 23.7 Å². The third-order valence-electron chi connectivity index (χ3n) is 4.55. The van der Waals surface area contributed by atoms with Gasteiger partial charge in [-0.25, -0.2) is 0 Å². The lowest BCUT2D eigenvalue weighted by atomic mass is 9.93. The molecule has 0 amide bonds. The topological polar surface area (TPSA) is 78.7 Å². The van der Waals surface area contributed by atoms with Crippen molar-refractivity contribution >= 4 is 17.3 Å². The van der Waals surface area contributed by atoms with Gasteiger partial charge in [-0.3, -0.25) is 4.99 Å². The molecule has 3 aliphatic rings. The maximum atomic E-state index is 9.60. The van der Waals surface area contributed by atoms with E-state index in [2.05, 4.69) is 4.99 Å². The van der Waals surface area contributed by atoms with Crippen molar-refractivity contribution in [1.82, 2.24) is 0 Å². The number of aliphatic imine (C=N–C) groups is 1. The molecular formula is C13H21NO6S. The Balaban J connectivity index is 1.94. The second kappa shape index (κ2) is 5.45. The Morgan fingerprint density at radius 1 is 1.19 bits per heavy atom. The van der Waals surface area contributed by atoms with E-state index in [1.165, 1.54) is 18.9 Å². The van der Waals surface area contributed by atoms with Crippen molar-refractivity contribution in [3.8, 4) is 0 Å². The number of hydrogen-bond acceptors (Lipinski definition) is 8. The minimum Gasteiger partial charge on any atom is -0.394 e. The molecule has 2 fully saturated rings. The molecule has 0 aromatic rings. The smallest absolute Gasteiger partial charge is 0.220 e. The van der Waals surface area contributed by atoms with E-state index in [1.54, 1.807) is 26.5 Å². The Morgan fingerprint density at radius 3 is 2.38 bits per heavy atom. The molecule has 0 saturated carbocycles. The summed E-state index contributed by atoms with van der Waals surface area (Å²) >= 11 is 1.48. The quantitative estimate of drug-likeness (QED) is 0.804. The Kier molecular flexibility index (Phi) is 4.07. The molecule has 0 spiro atoms. The van der Waals surface area contributed by atoms with Crippen LogP contribution in [-0.4, -0.2) is 72.8 Å². The summed E-state index contributed by atoms with van der Waals surface area (Å²) < 4.78 is 29.2. The number of methoxy groups -OCH3 is 2. The minimum atomic E-state index is -1.11. The first-order valence-corrected chi connectivity index (χ1v) is 7.81. The molecule has 0 unspecified atom stereocenters. The number of hydrogen-bond donors (Lipinski definition) is 1. The lowest BCUT2D eigenvalue weighted by Crippen LogP contribution is -2.72. The number of thioether (sulfide) groups is 1. The lowest BCUT2D eigenvalue weighted by Gasteiger charge is -2.56. The number of aliphatic hydroxyl groups excluding tert-OH is 1. The maximum Gasteiger partial charge on any atom is 0.220 e. The fourth-order valence-electron chi connectivity index (χ4n) is 2.95. The van der Waals surface area contributed by atoms with E-state index in [9.17, 15) is 5.11 Å². The molecule has 120 valence electrons. The molecule has 21 heavy (non-hydrogen) atoms. The van der Waals surface area contributed by atoms with E-state index in [0.717, 1.165) is 0 Å². The molecule has 8 heteroatoms. The van der Waals surface area contributed by atoms with Crippen LogP contribution in [0.5, 0.6) is 0 Å². The molecule has 0 bridgehead atoms. The molecule has 0 aromatic carbocycles. The van der Waals surface area contributed by atoms with Crippen molar-refractivity contribution in [2.75, 3.05) is 20.8 Å². The van der Waals surface area contributed by atoms with E-state index < -0.39 is 23.8 Å². The summed E-state index contributed by atoms with van der Waals surface area (Å²) in [5.41, 5.74) is 1.59. The number of rotatable bonds is 3. The second-order valence-electron chi connectivity index (χ2n) is 5.57. The molecule has 7 atom stereocenters. The molecule has 3 rings (SSSR count). The van der Waals surface area contributed by atoms with Crippen molar-refractivity contribution in [2.45, 2.75) is 55.2 Å². The molecule has 0 radical (unpaired) electrons. The van der Waals surface area contributed by atoms with Crippen LogP contribution >= 0.6 is 11.8 Å². The summed E-state index contributed by atoms with van der Waals surface area (Å²) in [4.78, 5) is 4.41. The highest BCUT2D eigenvalue weighted by atomic mass is 32.2. The van der Waals surface area contributed by atoms with Gasteiger partial charge in [0.2, 0.25) is 11.6 Å². The predicted molar refractivity (Wildman–Crippen MR) is 76.2 cm³/mol. The van der Waals surface area contributed by atoms with E-state index in [0.29, 0.717) is 0 Å². The van der Waals surface area contributed by atoms with E-state index in [1.807, 2.05) is 0 Å². The highest BCUT2D eigenvalue weighted by molar-refractivity contribution is 8.12. The summed E-state index contributed by atoms with van der Waals surface area (Å²) in [5, 5.41) is 9.60. The third-order valence-corrected chi connectivity index (χ3v) is 5.45. The molecule has 0 aromatic heterocycles. The van der Waals surface area contributed by atoms with Crippen LogP contribution in [0.4, 0.5) is 0 Å². The van der Waals surface area contributed by atoms with Gasteiger partial charge < -0.3 is 28.8 Å². The molecule has 2 saturated heterocycles. The number of nitrogens with zero attached hydrogens (tertiary/aromatic N) is 1. The van der Waals surface area contributed by atoms with Gasteiger partial charge in [0.1, 0.15) is 29.8 Å². The fourth-order valence-corrected chi connectivity index (χ4v) is 3.87. The molecule has 3 aliphatic heterocycles. The summed E-state index contributed by atoms with van der Waals surface area (Å²) in [6.45, 7) is 3.37. The van der Waals surface area contributed by atoms with E-state index in [4.69, 9.17) is 23.7 Å². The normalized spacial score (nSPS) is 52.5. The van der Waals surface area contributed by atoms with E-state index >= 15 is 0 Å². The number of ether oxygens (including phenoxy) is 5. The van der Waals surface area contributed by atoms with Gasteiger partial charge in [-0.2, -0.15) is 0 Å². The maximum absolute atomic E-state index is 9.60. The number of fused-ring (bicyclic) bond motifs is 3. The Hall–Kier alpha value is -0.220. The SMILES string of the molecule is CO[C@@]1(C)O[C@@H]2[C@H]3N=CS[C@H]3O[C@H](CO)[C@H]2O[C@]1(C)OC. The van der Waals surface area contributed by atoms with Crippen molar-refractivity contribution in [2.24, 2.45) is 4.99 Å². The fraction of sp³-hybridized carbons (Fsp3) is 0.923. The van der Waals surface area contributed by atoms with Gasteiger partial charge in [-0.05, 0) is 13.8 Å². The minimum absolute atomic E-state index is 0.155. The van der Waals surface area contributed by atoms with Crippen LogP contribution in [0.1, 0.15) is 13.8 Å². The first-order chi connectivity index (χ1) is 9.98. The molecule has 7 nitrogen and oxygen atoms in total. The molecular weight excluding hydrogens is 298 g/mol. The van der Waals surface area contributed by atoms with Gasteiger partial charge >= 0.3 is 0 Å². The third kappa shape index (κ3) is 2.24. The van der Waals surface area contributed by atoms with Gasteiger partial charge in [0.15, 0.2) is 0 Å². The standard InChI is InChI=1S/C13H21NO6S/c1-12(16-3)13(2,17-4)20-10-8-11(21-6-14-8)18-7(5-15)9(10)19-12/h6-11,15H,5H2,1-4H3/t7-,8-,9-,10-,11-,12+,13+/m1/s1. The predicted octanol–water partition coefficient (Wildman–Crippen LogP) is 0.356. The van der Waals surface area contributed by atoms with Crippen molar-refractivity contribution in [3.63, 3.8) is 0 Å². The average Bonchev–Trinajstić information content (AvgIpc) is 2.96. The van der Waals surface area contributed by atoms with Crippen LogP contribution in [0.25, 0.3) is 0 Å². The molecule has 0 aliphatic carbocycles. The summed E-state index contributed by atoms with van der Waals surface area (Å²) in [5.74, 6) is -2.18. The zero-order valence-corrected chi connectivity index (χ0v) is 13.3. The van der Waals surface area contributed by atoms with E-state index in [-0.39, 0.29) is 24.2 Å². The summed E-state index contributed by atoms with van der Waals surface area (Å²) in [6.07, 6.45) is -1.32. The Morgan fingerprint density at radius 2 is 1.81 bits per heavy atom. The monoisotopic (exact) mass is 319 g/mol. The van der Waals surface area contributed by atoms with Crippen LogP contribution in [0, 0.1) is 0 Å². The zero-order chi connectivity index (χ0) is 15.3. The van der Waals surface area contributed by atoms with Gasteiger partial charge in [-0.15, -0.1) is 0 Å². The van der Waals surface area contributed by atoms with Crippen molar-refractivity contribution in [3.05, 3.63) is 0 Å². The second-order valence-corrected chi connectivity index (χ2v) is 6.52. The van der Waals surface area contributed by atoms with Crippen LogP contribution in [0.15, 0.2) is 4.99 Å². The first-order valence-electron chi connectivity index (χ1n) is 6.87. The van der Waals surface area contributed by atoms with Crippen LogP contribution in [0.3, 0.4) is 0 Å². The zero-order valence-electron chi connectivity index (χ0n) is 12.5. The summed E-state index contributed by atoms with van der Waals surface area (Å²) in [7, 11) is 3.08. The average molecular weight is 319 g/mol. The highest BCUT2D eigenvalue weighted by Crippen LogP contribution is 2.46. The largest absolute Gasteiger partial charge is 0.394 e. The van der Waals surface area contributed by atoms with Crippen LogP contribution in [0.2, 0.25) is 0 Å². The molecule has 3 heterocycles. The Bertz CT molecular complexity index is 437. The lowest BCUT2D eigenvalue weighted by molar-refractivity contribution is -0.463. The van der Waals surface area contributed by atoms with Gasteiger partial charge in [0, 0.05) is 14.2 Å². The molecule has 1 N–H and O–H groups in total. The van der Waals surface area contributed by atoms with Gasteiger partial charge in [0.25, 0.3) is 0 Å². The van der Waals surface area contributed by atoms with Crippen molar-refractivity contribution < 1.29 is 28.8 Å². The Labute approximate surface area is 127 Å². The highest BCUT2D eigenvalue weighted by Gasteiger charge is 2.62. The van der Waals surface area contributed by atoms with Crippen molar-refractivity contribution in [1.29, 1.82) is 0 Å². The van der Waals surface area contributed by atoms with Gasteiger partial charge in [0.05, 0.1) is 12.2 Å². The number of aliphatic hydroxyl groups is 1. The van der Waals surface area contributed by atoms with Gasteiger partial charge in [-0.1, -0.05) is 11.8 Å².